The minimum atomic E-state index is -1.08. The lowest BCUT2D eigenvalue weighted by Gasteiger charge is -2.15. The molecule has 0 aliphatic rings. The third-order valence-corrected chi connectivity index (χ3v) is 4.15. The Kier molecular flexibility index (Phi) is 6.64. The number of hydrogen-bond donors (Lipinski definition) is 2. The Morgan fingerprint density at radius 2 is 2.16 bits per heavy atom. The Morgan fingerprint density at radius 3 is 2.74 bits per heavy atom. The predicted molar refractivity (Wildman–Crippen MR) is 86.0 cm³/mol. The van der Waals surface area contributed by atoms with E-state index in [1.54, 1.807) is 23.9 Å². The molecule has 0 saturated heterocycles. The zero-order chi connectivity index (χ0) is 14.4. The van der Waals surface area contributed by atoms with Crippen LogP contribution in [0, 0.1) is 3.57 Å². The summed E-state index contributed by atoms with van der Waals surface area (Å²) in [4.78, 5) is 23.3. The highest BCUT2D eigenvalue weighted by Gasteiger charge is 2.20. The van der Waals surface area contributed by atoms with Gasteiger partial charge in [0.1, 0.15) is 0 Å². The van der Waals surface area contributed by atoms with E-state index in [0.29, 0.717) is 3.57 Å². The molecule has 0 saturated carbocycles. The first-order chi connectivity index (χ1) is 8.97. The largest absolute Gasteiger partial charge is 0.478 e. The average molecular weight is 393 g/mol. The van der Waals surface area contributed by atoms with E-state index in [9.17, 15) is 9.59 Å². The van der Waals surface area contributed by atoms with Crippen molar-refractivity contribution in [3.05, 3.63) is 32.9 Å². The SMILES string of the molecule is CSCCC(C)NC(=O)c1c(I)cccc1C(=O)O. The zero-order valence-electron chi connectivity index (χ0n) is 10.8. The number of nitrogens with one attached hydrogen (secondary N) is 1. The van der Waals surface area contributed by atoms with E-state index in [2.05, 4.69) is 5.32 Å². The van der Waals surface area contributed by atoms with E-state index < -0.39 is 5.97 Å². The van der Waals surface area contributed by atoms with Crippen molar-refractivity contribution in [2.75, 3.05) is 12.0 Å². The Morgan fingerprint density at radius 1 is 1.47 bits per heavy atom. The molecule has 1 unspecified atom stereocenters. The molecule has 1 amide bonds. The molecule has 0 radical (unpaired) electrons. The van der Waals surface area contributed by atoms with Crippen molar-refractivity contribution < 1.29 is 14.7 Å². The molecule has 2 N–H and O–H groups in total. The number of aromatic carboxylic acids is 1. The van der Waals surface area contributed by atoms with Crippen LogP contribution in [-0.2, 0) is 0 Å². The zero-order valence-corrected chi connectivity index (χ0v) is 13.7. The van der Waals surface area contributed by atoms with E-state index in [1.165, 1.54) is 6.07 Å². The van der Waals surface area contributed by atoms with Crippen molar-refractivity contribution in [1.29, 1.82) is 0 Å². The fourth-order valence-electron chi connectivity index (χ4n) is 1.60. The fourth-order valence-corrected chi connectivity index (χ4v) is 2.93. The second-order valence-electron chi connectivity index (χ2n) is 4.12. The molecule has 104 valence electrons. The molecular formula is C13H16INO3S. The summed E-state index contributed by atoms with van der Waals surface area (Å²) in [7, 11) is 0. The molecule has 1 atom stereocenters. The number of benzene rings is 1. The number of carboxylic acid groups (broad SMARTS) is 1. The van der Waals surface area contributed by atoms with Gasteiger partial charge < -0.3 is 10.4 Å². The summed E-state index contributed by atoms with van der Waals surface area (Å²) in [5, 5.41) is 12.0. The molecule has 0 spiro atoms. The Hall–Kier alpha value is -0.760. The summed E-state index contributed by atoms with van der Waals surface area (Å²) in [6.45, 7) is 1.92. The van der Waals surface area contributed by atoms with Gasteiger partial charge in [-0.15, -0.1) is 0 Å². The van der Waals surface area contributed by atoms with Crippen molar-refractivity contribution >= 4 is 46.2 Å². The van der Waals surface area contributed by atoms with E-state index in [4.69, 9.17) is 5.11 Å². The second-order valence-corrected chi connectivity index (χ2v) is 6.27. The van der Waals surface area contributed by atoms with Gasteiger partial charge in [-0.05, 0) is 60.1 Å². The van der Waals surface area contributed by atoms with Gasteiger partial charge in [0.25, 0.3) is 5.91 Å². The molecule has 0 aliphatic heterocycles. The molecule has 4 nitrogen and oxygen atoms in total. The van der Waals surface area contributed by atoms with Crippen molar-refractivity contribution in [2.24, 2.45) is 0 Å². The number of carboxylic acids is 1. The molecule has 0 aliphatic carbocycles. The number of amides is 1. The molecule has 1 aromatic carbocycles. The summed E-state index contributed by atoms with van der Waals surface area (Å²) in [6.07, 6.45) is 2.87. The van der Waals surface area contributed by atoms with Gasteiger partial charge in [0.05, 0.1) is 11.1 Å². The fraction of sp³-hybridized carbons (Fsp3) is 0.385. The summed E-state index contributed by atoms with van der Waals surface area (Å²) in [6, 6.07) is 4.84. The van der Waals surface area contributed by atoms with E-state index in [1.807, 2.05) is 35.8 Å². The highest BCUT2D eigenvalue weighted by Crippen LogP contribution is 2.17. The van der Waals surface area contributed by atoms with E-state index in [0.717, 1.165) is 12.2 Å². The van der Waals surface area contributed by atoms with Crippen LogP contribution in [0.25, 0.3) is 0 Å². The number of carbonyl (C=O) groups is 2. The van der Waals surface area contributed by atoms with Crippen molar-refractivity contribution in [3.8, 4) is 0 Å². The van der Waals surface area contributed by atoms with Gasteiger partial charge in [0.2, 0.25) is 0 Å². The van der Waals surface area contributed by atoms with Crippen LogP contribution in [-0.4, -0.2) is 35.0 Å². The minimum absolute atomic E-state index is 0.0256. The van der Waals surface area contributed by atoms with Crippen LogP contribution >= 0.6 is 34.4 Å². The predicted octanol–water partition coefficient (Wildman–Crippen LogP) is 2.86. The first kappa shape index (κ1) is 16.3. The van der Waals surface area contributed by atoms with Crippen molar-refractivity contribution in [2.45, 2.75) is 19.4 Å². The van der Waals surface area contributed by atoms with Gasteiger partial charge in [0.15, 0.2) is 0 Å². The lowest BCUT2D eigenvalue weighted by molar-refractivity contribution is 0.0690. The Balaban J connectivity index is 2.90. The maximum Gasteiger partial charge on any atom is 0.336 e. The normalized spacial score (nSPS) is 11.9. The first-order valence-electron chi connectivity index (χ1n) is 5.79. The molecule has 1 aromatic rings. The van der Waals surface area contributed by atoms with Crippen molar-refractivity contribution in [3.63, 3.8) is 0 Å². The highest BCUT2D eigenvalue weighted by atomic mass is 127. The topological polar surface area (TPSA) is 66.4 Å². The van der Waals surface area contributed by atoms with Crippen LogP contribution in [0.5, 0.6) is 0 Å². The van der Waals surface area contributed by atoms with Crippen LogP contribution in [0.3, 0.4) is 0 Å². The lowest BCUT2D eigenvalue weighted by Crippen LogP contribution is -2.34. The molecular weight excluding hydrogens is 377 g/mol. The van der Waals surface area contributed by atoms with Crippen LogP contribution in [0.2, 0.25) is 0 Å². The van der Waals surface area contributed by atoms with Gasteiger partial charge >= 0.3 is 5.97 Å². The molecule has 0 aromatic heterocycles. The number of hydrogen-bond acceptors (Lipinski definition) is 3. The lowest BCUT2D eigenvalue weighted by atomic mass is 10.1. The van der Waals surface area contributed by atoms with Gasteiger partial charge in [-0.3, -0.25) is 4.79 Å². The van der Waals surface area contributed by atoms with E-state index in [-0.39, 0.29) is 23.1 Å². The summed E-state index contributed by atoms with van der Waals surface area (Å²) in [5.41, 5.74) is 0.285. The van der Waals surface area contributed by atoms with Gasteiger partial charge in [-0.25, -0.2) is 4.79 Å². The molecule has 6 heteroatoms. The Bertz CT molecular complexity index is 479. The third kappa shape index (κ3) is 4.68. The monoisotopic (exact) mass is 393 g/mol. The van der Waals surface area contributed by atoms with Gasteiger partial charge in [-0.2, -0.15) is 11.8 Å². The van der Waals surface area contributed by atoms with Crippen LogP contribution in [0.15, 0.2) is 18.2 Å². The highest BCUT2D eigenvalue weighted by molar-refractivity contribution is 14.1. The van der Waals surface area contributed by atoms with Crippen LogP contribution < -0.4 is 5.32 Å². The number of carbonyl (C=O) groups excluding carboxylic acids is 1. The Labute approximate surface area is 130 Å². The van der Waals surface area contributed by atoms with Crippen LogP contribution in [0.1, 0.15) is 34.1 Å². The molecule has 0 fully saturated rings. The molecule has 0 bridgehead atoms. The smallest absolute Gasteiger partial charge is 0.336 e. The summed E-state index contributed by atoms with van der Waals surface area (Å²) < 4.78 is 0.645. The number of thioether (sulfide) groups is 1. The van der Waals surface area contributed by atoms with Gasteiger partial charge in [-0.1, -0.05) is 6.07 Å². The molecule has 0 heterocycles. The van der Waals surface area contributed by atoms with E-state index >= 15 is 0 Å². The van der Waals surface area contributed by atoms with Crippen molar-refractivity contribution in [1.82, 2.24) is 5.32 Å². The third-order valence-electron chi connectivity index (χ3n) is 2.60. The maximum atomic E-state index is 12.2. The van der Waals surface area contributed by atoms with Crippen LogP contribution in [0.4, 0.5) is 0 Å². The molecule has 1 rings (SSSR count). The second kappa shape index (κ2) is 7.74. The maximum absolute atomic E-state index is 12.2. The summed E-state index contributed by atoms with van der Waals surface area (Å²) in [5.74, 6) is -0.449. The number of rotatable bonds is 6. The molecule has 19 heavy (non-hydrogen) atoms. The number of halogens is 1. The summed E-state index contributed by atoms with van der Waals surface area (Å²) >= 11 is 3.70. The minimum Gasteiger partial charge on any atom is -0.478 e. The standard InChI is InChI=1S/C13H16INO3S/c1-8(6-7-19-2)15-12(16)11-9(13(17)18)4-3-5-10(11)14/h3-5,8H,6-7H2,1-2H3,(H,15,16)(H,17,18). The first-order valence-corrected chi connectivity index (χ1v) is 8.26. The average Bonchev–Trinajstić information content (AvgIpc) is 2.35. The quantitative estimate of drug-likeness (QED) is 0.730. The van der Waals surface area contributed by atoms with Gasteiger partial charge in [0, 0.05) is 9.61 Å².